The summed E-state index contributed by atoms with van der Waals surface area (Å²) in [4.78, 5) is 14.2. The first-order chi connectivity index (χ1) is 8.66. The third kappa shape index (κ3) is 3.61. The van der Waals surface area contributed by atoms with Crippen molar-refractivity contribution in [2.75, 3.05) is 26.2 Å². The lowest BCUT2D eigenvalue weighted by molar-refractivity contribution is 0.161. The summed E-state index contributed by atoms with van der Waals surface area (Å²) >= 11 is 0. The number of hydrogen-bond acceptors (Lipinski definition) is 2. The first-order valence-corrected chi connectivity index (χ1v) is 7.43. The number of nitrogens with one attached hydrogen (secondary N) is 2. The molecule has 2 heterocycles. The largest absolute Gasteiger partial charge is 0.335 e. The van der Waals surface area contributed by atoms with E-state index in [2.05, 4.69) is 24.5 Å². The molecular formula is C14H27N3O. The second-order valence-electron chi connectivity index (χ2n) is 6.04. The van der Waals surface area contributed by atoms with Gasteiger partial charge in [0.25, 0.3) is 0 Å². The zero-order valence-corrected chi connectivity index (χ0v) is 11.7. The third-order valence-corrected chi connectivity index (χ3v) is 4.34. The Morgan fingerprint density at radius 1 is 1.39 bits per heavy atom. The minimum Gasteiger partial charge on any atom is -0.335 e. The maximum atomic E-state index is 12.2. The summed E-state index contributed by atoms with van der Waals surface area (Å²) in [6.45, 7) is 8.38. The van der Waals surface area contributed by atoms with E-state index in [0.717, 1.165) is 32.6 Å². The van der Waals surface area contributed by atoms with Gasteiger partial charge in [0.05, 0.1) is 0 Å². The molecule has 2 amide bonds. The molecule has 3 atom stereocenters. The van der Waals surface area contributed by atoms with Crippen molar-refractivity contribution in [1.29, 1.82) is 0 Å². The Kier molecular flexibility index (Phi) is 4.87. The number of rotatable bonds is 2. The summed E-state index contributed by atoms with van der Waals surface area (Å²) < 4.78 is 0. The highest BCUT2D eigenvalue weighted by atomic mass is 16.2. The molecule has 0 radical (unpaired) electrons. The van der Waals surface area contributed by atoms with Crippen molar-refractivity contribution in [2.24, 2.45) is 11.8 Å². The molecule has 2 rings (SSSR count). The lowest BCUT2D eigenvalue weighted by Gasteiger charge is -2.34. The lowest BCUT2D eigenvalue weighted by atomic mass is 9.93. The molecule has 104 valence electrons. The number of carbonyl (C=O) groups is 1. The molecule has 0 aromatic carbocycles. The second kappa shape index (κ2) is 6.41. The minimum atomic E-state index is 0.139. The first-order valence-electron chi connectivity index (χ1n) is 7.43. The number of amides is 2. The van der Waals surface area contributed by atoms with Crippen molar-refractivity contribution in [3.63, 3.8) is 0 Å². The van der Waals surface area contributed by atoms with Gasteiger partial charge in [-0.05, 0) is 57.5 Å². The molecule has 4 heteroatoms. The van der Waals surface area contributed by atoms with Crippen LogP contribution in [0.15, 0.2) is 0 Å². The van der Waals surface area contributed by atoms with Crippen LogP contribution in [-0.4, -0.2) is 43.2 Å². The van der Waals surface area contributed by atoms with Gasteiger partial charge in [-0.3, -0.25) is 0 Å². The fourth-order valence-corrected chi connectivity index (χ4v) is 3.08. The molecule has 0 aliphatic carbocycles. The van der Waals surface area contributed by atoms with Crippen LogP contribution in [0.3, 0.4) is 0 Å². The van der Waals surface area contributed by atoms with E-state index < -0.39 is 0 Å². The van der Waals surface area contributed by atoms with E-state index in [0.29, 0.717) is 11.8 Å². The van der Waals surface area contributed by atoms with E-state index in [-0.39, 0.29) is 12.1 Å². The molecule has 18 heavy (non-hydrogen) atoms. The van der Waals surface area contributed by atoms with Crippen LogP contribution in [0, 0.1) is 11.8 Å². The molecule has 2 aliphatic rings. The van der Waals surface area contributed by atoms with Crippen molar-refractivity contribution in [2.45, 2.75) is 45.6 Å². The topological polar surface area (TPSA) is 44.4 Å². The average Bonchev–Trinajstić information content (AvgIpc) is 2.39. The van der Waals surface area contributed by atoms with Crippen LogP contribution in [0.4, 0.5) is 4.79 Å². The number of piperidine rings is 2. The normalized spacial score (nSPS) is 30.9. The van der Waals surface area contributed by atoms with E-state index in [1.807, 2.05) is 4.90 Å². The maximum Gasteiger partial charge on any atom is 0.317 e. The molecule has 2 fully saturated rings. The fraction of sp³-hybridized carbons (Fsp3) is 0.929. The Hall–Kier alpha value is -0.770. The van der Waals surface area contributed by atoms with E-state index in [9.17, 15) is 4.79 Å². The Bertz CT molecular complexity index is 276. The zero-order valence-electron chi connectivity index (χ0n) is 11.7. The molecule has 2 aliphatic heterocycles. The van der Waals surface area contributed by atoms with Crippen molar-refractivity contribution < 1.29 is 4.79 Å². The second-order valence-corrected chi connectivity index (χ2v) is 6.04. The monoisotopic (exact) mass is 253 g/mol. The van der Waals surface area contributed by atoms with Gasteiger partial charge in [0, 0.05) is 19.1 Å². The van der Waals surface area contributed by atoms with Crippen molar-refractivity contribution in [3.05, 3.63) is 0 Å². The predicted octanol–water partition coefficient (Wildman–Crippen LogP) is 1.82. The average molecular weight is 253 g/mol. The van der Waals surface area contributed by atoms with Gasteiger partial charge < -0.3 is 15.5 Å². The number of likely N-dealkylation sites (tertiary alicyclic amines) is 1. The van der Waals surface area contributed by atoms with Crippen LogP contribution >= 0.6 is 0 Å². The molecule has 4 nitrogen and oxygen atoms in total. The predicted molar refractivity (Wildman–Crippen MR) is 73.6 cm³/mol. The van der Waals surface area contributed by atoms with Crippen molar-refractivity contribution in [3.8, 4) is 0 Å². The SMILES string of the molecule is CC1CCCN(C(=O)NC(C)C2CCCNC2)C1. The maximum absolute atomic E-state index is 12.2. The Balaban J connectivity index is 1.78. The Morgan fingerprint density at radius 2 is 2.22 bits per heavy atom. The van der Waals surface area contributed by atoms with Gasteiger partial charge in [-0.15, -0.1) is 0 Å². The molecule has 0 saturated carbocycles. The van der Waals surface area contributed by atoms with Gasteiger partial charge in [0.1, 0.15) is 0 Å². The number of hydrogen-bond donors (Lipinski definition) is 2. The van der Waals surface area contributed by atoms with Crippen molar-refractivity contribution >= 4 is 6.03 Å². The Morgan fingerprint density at radius 3 is 2.89 bits per heavy atom. The van der Waals surface area contributed by atoms with Crippen LogP contribution in [-0.2, 0) is 0 Å². The lowest BCUT2D eigenvalue weighted by Crippen LogP contribution is -2.51. The van der Waals surface area contributed by atoms with Crippen LogP contribution in [0.25, 0.3) is 0 Å². The first kappa shape index (κ1) is 13.7. The number of urea groups is 1. The molecule has 0 aromatic heterocycles. The third-order valence-electron chi connectivity index (χ3n) is 4.34. The zero-order chi connectivity index (χ0) is 13.0. The van der Waals surface area contributed by atoms with Gasteiger partial charge in [-0.2, -0.15) is 0 Å². The number of carbonyl (C=O) groups excluding carboxylic acids is 1. The van der Waals surface area contributed by atoms with Crippen LogP contribution in [0.2, 0.25) is 0 Å². The van der Waals surface area contributed by atoms with Gasteiger partial charge in [-0.25, -0.2) is 4.79 Å². The summed E-state index contributed by atoms with van der Waals surface area (Å²) in [5.74, 6) is 1.24. The highest BCUT2D eigenvalue weighted by molar-refractivity contribution is 5.74. The van der Waals surface area contributed by atoms with E-state index in [1.165, 1.54) is 19.3 Å². The van der Waals surface area contributed by atoms with Crippen LogP contribution in [0.1, 0.15) is 39.5 Å². The van der Waals surface area contributed by atoms with Gasteiger partial charge >= 0.3 is 6.03 Å². The molecule has 2 N–H and O–H groups in total. The van der Waals surface area contributed by atoms with Gasteiger partial charge in [0.15, 0.2) is 0 Å². The Labute approximate surface area is 110 Å². The molecule has 0 spiro atoms. The van der Waals surface area contributed by atoms with Crippen molar-refractivity contribution in [1.82, 2.24) is 15.5 Å². The van der Waals surface area contributed by atoms with Crippen LogP contribution < -0.4 is 10.6 Å². The van der Waals surface area contributed by atoms with Gasteiger partial charge in [0.2, 0.25) is 0 Å². The quantitative estimate of drug-likeness (QED) is 0.788. The van der Waals surface area contributed by atoms with E-state index in [4.69, 9.17) is 0 Å². The molecule has 3 unspecified atom stereocenters. The molecular weight excluding hydrogens is 226 g/mol. The molecule has 2 saturated heterocycles. The highest BCUT2D eigenvalue weighted by Gasteiger charge is 2.25. The van der Waals surface area contributed by atoms with E-state index >= 15 is 0 Å². The summed E-state index contributed by atoms with van der Waals surface area (Å²) in [7, 11) is 0. The highest BCUT2D eigenvalue weighted by Crippen LogP contribution is 2.17. The van der Waals surface area contributed by atoms with Crippen LogP contribution in [0.5, 0.6) is 0 Å². The molecule has 0 aromatic rings. The van der Waals surface area contributed by atoms with Gasteiger partial charge in [-0.1, -0.05) is 6.92 Å². The minimum absolute atomic E-state index is 0.139. The van der Waals surface area contributed by atoms with E-state index in [1.54, 1.807) is 0 Å². The smallest absolute Gasteiger partial charge is 0.317 e. The summed E-state index contributed by atoms with van der Waals surface area (Å²) in [5.41, 5.74) is 0. The summed E-state index contributed by atoms with van der Waals surface area (Å²) in [6, 6.07) is 0.419. The summed E-state index contributed by atoms with van der Waals surface area (Å²) in [6.07, 6.45) is 4.86. The summed E-state index contributed by atoms with van der Waals surface area (Å²) in [5, 5.41) is 6.60. The standard InChI is InChI=1S/C14H27N3O/c1-11-5-4-8-17(10-11)14(18)16-12(2)13-6-3-7-15-9-13/h11-13,15H,3-10H2,1-2H3,(H,16,18). The molecule has 0 bridgehead atoms. The fourth-order valence-electron chi connectivity index (χ4n) is 3.08. The number of nitrogens with zero attached hydrogens (tertiary/aromatic N) is 1.